The van der Waals surface area contributed by atoms with Crippen molar-refractivity contribution in [2.24, 2.45) is 0 Å². The number of nitrogens with one attached hydrogen (secondary N) is 1. The fraction of sp³-hybridized carbons (Fsp3) is 0.294. The van der Waals surface area contributed by atoms with Gasteiger partial charge in [-0.1, -0.05) is 73.7 Å². The van der Waals surface area contributed by atoms with Crippen molar-refractivity contribution in [3.05, 3.63) is 102 Å². The largest absolute Gasteiger partial charge is 0.497 e. The molecule has 4 aromatic carbocycles. The zero-order valence-electron chi connectivity index (χ0n) is 24.5. The SMILES string of the molecule is CCCNC(=O)C(Cc1ccccc1)N(Cc1cccc(OC)c1)C(=O)CCCN1c2cccc3cccc(c23)S1(=O)=O. The fourth-order valence-corrected chi connectivity index (χ4v) is 7.35. The molecule has 0 radical (unpaired) electrons. The van der Waals surface area contributed by atoms with Gasteiger partial charge in [-0.3, -0.25) is 13.9 Å². The third-order valence-electron chi connectivity index (χ3n) is 7.74. The Kier molecular flexibility index (Phi) is 9.31. The van der Waals surface area contributed by atoms with Crippen LogP contribution < -0.4 is 14.4 Å². The van der Waals surface area contributed by atoms with Crippen LogP contribution in [0.4, 0.5) is 5.69 Å². The van der Waals surface area contributed by atoms with Crippen LogP contribution in [0.2, 0.25) is 0 Å². The molecule has 9 heteroatoms. The fourth-order valence-electron chi connectivity index (χ4n) is 5.60. The number of ether oxygens (including phenoxy) is 1. The van der Waals surface area contributed by atoms with Crippen molar-refractivity contribution in [3.63, 3.8) is 0 Å². The number of amides is 2. The van der Waals surface area contributed by atoms with Crippen molar-refractivity contribution in [3.8, 4) is 5.75 Å². The Labute approximate surface area is 253 Å². The summed E-state index contributed by atoms with van der Waals surface area (Å²) < 4.78 is 33.7. The lowest BCUT2D eigenvalue weighted by molar-refractivity contribution is -0.141. The summed E-state index contributed by atoms with van der Waals surface area (Å²) in [6.45, 7) is 2.85. The average Bonchev–Trinajstić information content (AvgIpc) is 3.25. The molecular weight excluding hydrogens is 562 g/mol. The summed E-state index contributed by atoms with van der Waals surface area (Å²) in [5.41, 5.74) is 2.41. The van der Waals surface area contributed by atoms with E-state index in [2.05, 4.69) is 5.32 Å². The Morgan fingerprint density at radius 2 is 1.65 bits per heavy atom. The highest BCUT2D eigenvalue weighted by Gasteiger charge is 2.36. The third-order valence-corrected chi connectivity index (χ3v) is 9.60. The minimum atomic E-state index is -3.72. The van der Waals surface area contributed by atoms with Crippen LogP contribution in [0.3, 0.4) is 0 Å². The molecule has 43 heavy (non-hydrogen) atoms. The molecule has 1 heterocycles. The molecule has 4 aromatic rings. The second kappa shape index (κ2) is 13.3. The van der Waals surface area contributed by atoms with Crippen LogP contribution in [0, 0.1) is 0 Å². The number of carbonyl (C=O) groups is 2. The molecule has 0 fully saturated rings. The summed E-state index contributed by atoms with van der Waals surface area (Å²) in [6, 6.07) is 27.2. The van der Waals surface area contributed by atoms with Crippen LogP contribution in [0.25, 0.3) is 10.8 Å². The molecule has 5 rings (SSSR count). The Balaban J connectivity index is 1.40. The first-order valence-electron chi connectivity index (χ1n) is 14.6. The molecule has 1 N–H and O–H groups in total. The molecule has 0 saturated carbocycles. The van der Waals surface area contributed by atoms with Gasteiger partial charge in [-0.05, 0) is 53.6 Å². The number of anilines is 1. The van der Waals surface area contributed by atoms with Gasteiger partial charge in [0.05, 0.1) is 17.7 Å². The van der Waals surface area contributed by atoms with Crippen LogP contribution >= 0.6 is 0 Å². The van der Waals surface area contributed by atoms with Gasteiger partial charge in [0.1, 0.15) is 11.8 Å². The lowest BCUT2D eigenvalue weighted by atomic mass is 10.0. The number of carbonyl (C=O) groups excluding carboxylic acids is 2. The van der Waals surface area contributed by atoms with E-state index in [4.69, 9.17) is 4.74 Å². The van der Waals surface area contributed by atoms with Crippen LogP contribution in [-0.4, -0.2) is 51.4 Å². The van der Waals surface area contributed by atoms with Crippen LogP contribution in [0.1, 0.15) is 37.3 Å². The van der Waals surface area contributed by atoms with E-state index in [0.29, 0.717) is 41.1 Å². The van der Waals surface area contributed by atoms with Gasteiger partial charge in [0.25, 0.3) is 10.0 Å². The van der Waals surface area contributed by atoms with Crippen molar-refractivity contribution >= 4 is 38.3 Å². The predicted octanol–water partition coefficient (Wildman–Crippen LogP) is 5.30. The van der Waals surface area contributed by atoms with Crippen molar-refractivity contribution < 1.29 is 22.7 Å². The summed E-state index contributed by atoms with van der Waals surface area (Å²) in [6.07, 6.45) is 1.50. The Hall–Kier alpha value is -4.37. The molecule has 8 nitrogen and oxygen atoms in total. The average molecular weight is 600 g/mol. The van der Waals surface area contributed by atoms with Gasteiger partial charge in [-0.15, -0.1) is 0 Å². The smallest absolute Gasteiger partial charge is 0.265 e. The van der Waals surface area contributed by atoms with Gasteiger partial charge in [-0.2, -0.15) is 0 Å². The first kappa shape index (κ1) is 30.1. The zero-order chi connectivity index (χ0) is 30.4. The van der Waals surface area contributed by atoms with E-state index in [-0.39, 0.29) is 31.3 Å². The van der Waals surface area contributed by atoms with Crippen molar-refractivity contribution in [2.75, 3.05) is 24.5 Å². The number of hydrogen-bond acceptors (Lipinski definition) is 5. The highest BCUT2D eigenvalue weighted by atomic mass is 32.2. The van der Waals surface area contributed by atoms with E-state index in [9.17, 15) is 18.0 Å². The summed E-state index contributed by atoms with van der Waals surface area (Å²) in [5.74, 6) is 0.224. The summed E-state index contributed by atoms with van der Waals surface area (Å²) in [5, 5.41) is 4.56. The van der Waals surface area contributed by atoms with E-state index in [1.807, 2.05) is 79.7 Å². The first-order valence-corrected chi connectivity index (χ1v) is 16.1. The lowest BCUT2D eigenvalue weighted by Crippen LogP contribution is -2.50. The summed E-state index contributed by atoms with van der Waals surface area (Å²) in [7, 11) is -2.14. The number of nitrogens with zero attached hydrogens (tertiary/aromatic N) is 2. The number of sulfonamides is 1. The molecule has 1 unspecified atom stereocenters. The molecule has 0 saturated heterocycles. The van der Waals surface area contributed by atoms with Gasteiger partial charge >= 0.3 is 0 Å². The first-order chi connectivity index (χ1) is 20.8. The molecule has 0 bridgehead atoms. The zero-order valence-corrected chi connectivity index (χ0v) is 25.3. The topological polar surface area (TPSA) is 96.0 Å². The second-order valence-corrected chi connectivity index (χ2v) is 12.5. The molecule has 0 aliphatic carbocycles. The standard InChI is InChI=1S/C34H37N3O5S/c1-3-20-35-34(39)30(23-25-11-5-4-6-12-25)36(24-26-13-7-16-28(22-26)42-2)32(38)19-10-21-37-29-17-8-14-27-15-9-18-31(33(27)29)43(37,40)41/h4-9,11-18,22,30H,3,10,19-21,23-24H2,1-2H3,(H,35,39). The Bertz CT molecular complexity index is 1700. The maximum absolute atomic E-state index is 14.0. The molecule has 0 aromatic heterocycles. The molecular formula is C34H37N3O5S. The van der Waals surface area contributed by atoms with Crippen LogP contribution in [0.5, 0.6) is 5.75 Å². The van der Waals surface area contributed by atoms with E-state index in [1.165, 1.54) is 4.31 Å². The second-order valence-electron chi connectivity index (χ2n) is 10.7. The maximum Gasteiger partial charge on any atom is 0.265 e. The van der Waals surface area contributed by atoms with E-state index >= 15 is 0 Å². The molecule has 2 amide bonds. The Morgan fingerprint density at radius 3 is 2.40 bits per heavy atom. The number of hydrogen-bond donors (Lipinski definition) is 1. The third kappa shape index (κ3) is 6.51. The van der Waals surface area contributed by atoms with Crippen LogP contribution in [-0.2, 0) is 32.6 Å². The number of methoxy groups -OCH3 is 1. The molecule has 1 aliphatic heterocycles. The van der Waals surface area contributed by atoms with Gasteiger partial charge in [0, 0.05) is 37.9 Å². The highest BCUT2D eigenvalue weighted by Crippen LogP contribution is 2.42. The molecule has 0 spiro atoms. The van der Waals surface area contributed by atoms with Crippen molar-refractivity contribution in [1.82, 2.24) is 10.2 Å². The highest BCUT2D eigenvalue weighted by molar-refractivity contribution is 7.93. The minimum Gasteiger partial charge on any atom is -0.497 e. The van der Waals surface area contributed by atoms with Crippen LogP contribution in [0.15, 0.2) is 95.9 Å². The summed E-state index contributed by atoms with van der Waals surface area (Å²) >= 11 is 0. The quantitative estimate of drug-likeness (QED) is 0.225. The normalized spacial score (nSPS) is 14.0. The van der Waals surface area contributed by atoms with E-state index < -0.39 is 16.1 Å². The lowest BCUT2D eigenvalue weighted by Gasteiger charge is -2.32. The van der Waals surface area contributed by atoms with Crippen molar-refractivity contribution in [1.29, 1.82) is 0 Å². The van der Waals surface area contributed by atoms with Gasteiger partial charge in [0.15, 0.2) is 0 Å². The van der Waals surface area contributed by atoms with Gasteiger partial charge in [-0.25, -0.2) is 8.42 Å². The number of benzene rings is 4. The Morgan fingerprint density at radius 1 is 0.930 bits per heavy atom. The molecule has 224 valence electrons. The molecule has 1 atom stereocenters. The van der Waals surface area contributed by atoms with Gasteiger partial charge in [0.2, 0.25) is 11.8 Å². The number of rotatable bonds is 13. The molecule has 1 aliphatic rings. The maximum atomic E-state index is 14.0. The summed E-state index contributed by atoms with van der Waals surface area (Å²) in [4.78, 5) is 29.5. The minimum absolute atomic E-state index is 0.0780. The van der Waals surface area contributed by atoms with E-state index in [1.54, 1.807) is 30.2 Å². The monoisotopic (exact) mass is 599 g/mol. The van der Waals surface area contributed by atoms with Crippen molar-refractivity contribution in [2.45, 2.75) is 50.1 Å². The predicted molar refractivity (Wildman–Crippen MR) is 168 cm³/mol. The van der Waals surface area contributed by atoms with E-state index in [0.717, 1.165) is 22.9 Å². The van der Waals surface area contributed by atoms with Gasteiger partial charge < -0.3 is 15.0 Å².